The van der Waals surface area contributed by atoms with Crippen molar-refractivity contribution in [1.29, 1.82) is 0 Å². The molecule has 0 aliphatic heterocycles. The molecule has 0 N–H and O–H groups in total. The number of hydrogen-bond acceptors (Lipinski definition) is 2. The lowest BCUT2D eigenvalue weighted by atomic mass is 9.57. The fraction of sp³-hybridized carbons (Fsp3) is 0.947. The van der Waals surface area contributed by atoms with Gasteiger partial charge < -0.3 is 4.74 Å². The first kappa shape index (κ1) is 16.7. The van der Waals surface area contributed by atoms with Crippen LogP contribution in [-0.2, 0) is 9.53 Å². The minimum absolute atomic E-state index is 0.0663. The van der Waals surface area contributed by atoms with Gasteiger partial charge in [0.05, 0.1) is 0 Å². The van der Waals surface area contributed by atoms with Gasteiger partial charge in [0.15, 0.2) is 5.41 Å². The summed E-state index contributed by atoms with van der Waals surface area (Å²) in [6, 6.07) is 0. The molecule has 0 aromatic heterocycles. The molecule has 4 aliphatic carbocycles. The second-order valence-corrected chi connectivity index (χ2v) is 10.0. The molecule has 0 amide bonds. The number of hydrogen-bond donors (Lipinski definition) is 0. The van der Waals surface area contributed by atoms with Crippen molar-refractivity contribution < 1.29 is 22.7 Å². The van der Waals surface area contributed by atoms with Crippen LogP contribution in [0.25, 0.3) is 0 Å². The summed E-state index contributed by atoms with van der Waals surface area (Å²) < 4.78 is 48.1. The van der Waals surface area contributed by atoms with E-state index in [1.54, 1.807) is 20.8 Å². The standard InChI is InChI=1S/C19H27F3O2/c1-16(2,3)24-15(23)18(19(20,21)22)9-17(4)8-12(18)13-10-5-6-11(7-10)14(13)17/h10-14H,5-9H2,1-4H3. The van der Waals surface area contributed by atoms with Gasteiger partial charge in [0.1, 0.15) is 5.60 Å². The number of esters is 1. The Morgan fingerprint density at radius 1 is 1.12 bits per heavy atom. The van der Waals surface area contributed by atoms with Crippen LogP contribution >= 0.6 is 0 Å². The van der Waals surface area contributed by atoms with Crippen molar-refractivity contribution in [3.63, 3.8) is 0 Å². The van der Waals surface area contributed by atoms with Gasteiger partial charge in [-0.3, -0.25) is 4.79 Å². The normalized spacial score (nSPS) is 49.5. The van der Waals surface area contributed by atoms with Crippen LogP contribution in [0.4, 0.5) is 13.2 Å². The zero-order valence-electron chi connectivity index (χ0n) is 14.9. The van der Waals surface area contributed by atoms with Crippen molar-refractivity contribution in [1.82, 2.24) is 0 Å². The lowest BCUT2D eigenvalue weighted by Gasteiger charge is -2.48. The zero-order valence-corrected chi connectivity index (χ0v) is 14.9. The summed E-state index contributed by atoms with van der Waals surface area (Å²) in [6.45, 7) is 6.93. The molecule has 4 fully saturated rings. The topological polar surface area (TPSA) is 26.3 Å². The zero-order chi connectivity index (χ0) is 17.7. The fourth-order valence-electron chi connectivity index (χ4n) is 7.20. The van der Waals surface area contributed by atoms with Gasteiger partial charge in [-0.15, -0.1) is 0 Å². The van der Waals surface area contributed by atoms with E-state index in [0.29, 0.717) is 24.2 Å². The molecule has 7 atom stereocenters. The van der Waals surface area contributed by atoms with Gasteiger partial charge in [0, 0.05) is 0 Å². The highest BCUT2D eigenvalue weighted by Crippen LogP contribution is 2.79. The van der Waals surface area contributed by atoms with E-state index in [1.807, 2.05) is 6.92 Å². The third kappa shape index (κ3) is 1.93. The van der Waals surface area contributed by atoms with Gasteiger partial charge in [0.2, 0.25) is 0 Å². The van der Waals surface area contributed by atoms with Gasteiger partial charge in [-0.1, -0.05) is 6.92 Å². The van der Waals surface area contributed by atoms with Crippen LogP contribution in [0.1, 0.15) is 59.8 Å². The predicted molar refractivity (Wildman–Crippen MR) is 83.0 cm³/mol. The summed E-state index contributed by atoms with van der Waals surface area (Å²) >= 11 is 0. The number of carbonyl (C=O) groups excluding carboxylic acids is 1. The van der Waals surface area contributed by atoms with Crippen LogP contribution in [0, 0.1) is 40.4 Å². The molecular formula is C19H27F3O2. The second-order valence-electron chi connectivity index (χ2n) is 10.0. The number of rotatable bonds is 1. The average Bonchev–Trinajstić information content (AvgIpc) is 3.09. The molecule has 0 aromatic carbocycles. The molecule has 0 radical (unpaired) electrons. The number of alkyl halides is 3. The van der Waals surface area contributed by atoms with E-state index >= 15 is 0 Å². The first-order valence-corrected chi connectivity index (χ1v) is 9.19. The highest BCUT2D eigenvalue weighted by Gasteiger charge is 2.80. The Morgan fingerprint density at radius 3 is 2.33 bits per heavy atom. The first-order chi connectivity index (χ1) is 10.9. The summed E-state index contributed by atoms with van der Waals surface area (Å²) in [6.07, 6.45) is -0.796. The monoisotopic (exact) mass is 344 g/mol. The third-order valence-corrected chi connectivity index (χ3v) is 7.52. The van der Waals surface area contributed by atoms with Gasteiger partial charge in [-0.05, 0) is 87.9 Å². The predicted octanol–water partition coefficient (Wildman–Crippen LogP) is 4.97. The van der Waals surface area contributed by atoms with Crippen molar-refractivity contribution in [3.05, 3.63) is 0 Å². The van der Waals surface area contributed by atoms with E-state index in [2.05, 4.69) is 0 Å². The summed E-state index contributed by atoms with van der Waals surface area (Å²) in [7, 11) is 0. The maximum Gasteiger partial charge on any atom is 0.405 e. The lowest BCUT2D eigenvalue weighted by molar-refractivity contribution is -0.264. The van der Waals surface area contributed by atoms with Gasteiger partial charge >= 0.3 is 12.1 Å². The van der Waals surface area contributed by atoms with Crippen LogP contribution in [0.15, 0.2) is 0 Å². The summed E-state index contributed by atoms with van der Waals surface area (Å²) in [5.74, 6) is -0.193. The van der Waals surface area contributed by atoms with Crippen molar-refractivity contribution in [3.8, 4) is 0 Å². The fourth-order valence-corrected chi connectivity index (χ4v) is 7.20. The minimum Gasteiger partial charge on any atom is -0.459 e. The molecule has 0 heterocycles. The van der Waals surface area contributed by atoms with Crippen molar-refractivity contribution >= 4 is 5.97 Å². The lowest BCUT2D eigenvalue weighted by Crippen LogP contribution is -2.56. The summed E-state index contributed by atoms with van der Waals surface area (Å²) in [4.78, 5) is 12.8. The molecule has 4 aliphatic rings. The van der Waals surface area contributed by atoms with Crippen molar-refractivity contribution in [2.24, 2.45) is 40.4 Å². The van der Waals surface area contributed by atoms with Crippen LogP contribution in [0.5, 0.6) is 0 Å². The molecule has 4 saturated carbocycles. The van der Waals surface area contributed by atoms with E-state index in [4.69, 9.17) is 4.74 Å². The Kier molecular flexibility index (Phi) is 3.14. The van der Waals surface area contributed by atoms with Gasteiger partial charge in [-0.2, -0.15) is 13.2 Å². The molecule has 4 bridgehead atoms. The highest BCUT2D eigenvalue weighted by atomic mass is 19.4. The Labute approximate surface area is 141 Å². The summed E-state index contributed by atoms with van der Waals surface area (Å²) in [5.41, 5.74) is -3.55. The average molecular weight is 344 g/mol. The molecule has 2 nitrogen and oxygen atoms in total. The maximum atomic E-state index is 14.3. The first-order valence-electron chi connectivity index (χ1n) is 9.19. The molecule has 5 heteroatoms. The van der Waals surface area contributed by atoms with Crippen LogP contribution in [0.3, 0.4) is 0 Å². The van der Waals surface area contributed by atoms with E-state index in [-0.39, 0.29) is 17.8 Å². The minimum atomic E-state index is -4.54. The number of halogens is 3. The van der Waals surface area contributed by atoms with Gasteiger partial charge in [-0.25, -0.2) is 0 Å². The van der Waals surface area contributed by atoms with E-state index in [0.717, 1.165) is 12.8 Å². The molecule has 0 spiro atoms. The molecule has 4 rings (SSSR count). The van der Waals surface area contributed by atoms with E-state index in [1.165, 1.54) is 6.42 Å². The Hall–Kier alpha value is -0.740. The van der Waals surface area contributed by atoms with Crippen molar-refractivity contribution in [2.45, 2.75) is 71.6 Å². The van der Waals surface area contributed by atoms with Crippen molar-refractivity contribution in [2.75, 3.05) is 0 Å². The number of fused-ring (bicyclic) bond motifs is 9. The molecule has 0 aromatic rings. The number of ether oxygens (including phenoxy) is 1. The second kappa shape index (κ2) is 4.50. The Balaban J connectivity index is 1.76. The third-order valence-electron chi connectivity index (χ3n) is 7.52. The summed E-state index contributed by atoms with van der Waals surface area (Å²) in [5, 5.41) is 0. The van der Waals surface area contributed by atoms with E-state index in [9.17, 15) is 18.0 Å². The molecular weight excluding hydrogens is 317 g/mol. The molecule has 24 heavy (non-hydrogen) atoms. The van der Waals surface area contributed by atoms with E-state index < -0.39 is 29.1 Å². The quantitative estimate of drug-likeness (QED) is 0.496. The highest BCUT2D eigenvalue weighted by molar-refractivity contribution is 5.80. The van der Waals surface area contributed by atoms with Gasteiger partial charge in [0.25, 0.3) is 0 Å². The Bertz CT molecular complexity index is 578. The molecule has 0 saturated heterocycles. The van der Waals surface area contributed by atoms with Crippen LogP contribution < -0.4 is 0 Å². The molecule has 136 valence electrons. The largest absolute Gasteiger partial charge is 0.459 e. The van der Waals surface area contributed by atoms with Crippen LogP contribution in [-0.4, -0.2) is 17.7 Å². The maximum absolute atomic E-state index is 14.3. The smallest absolute Gasteiger partial charge is 0.405 e. The number of carbonyl (C=O) groups is 1. The molecule has 7 unspecified atom stereocenters. The SMILES string of the molecule is CC(C)(C)OC(=O)C1(C(F)(F)F)CC2(C)CC1C1C3CCC(C3)C12. The Morgan fingerprint density at radius 2 is 1.75 bits per heavy atom. The van der Waals surface area contributed by atoms with Crippen LogP contribution in [0.2, 0.25) is 0 Å².